The summed E-state index contributed by atoms with van der Waals surface area (Å²) in [6.45, 7) is 3.63. The monoisotopic (exact) mass is 476 g/mol. The Balaban J connectivity index is 1.80. The van der Waals surface area contributed by atoms with E-state index in [9.17, 15) is 26.4 Å². The minimum absolute atomic E-state index is 0.0645. The van der Waals surface area contributed by atoms with E-state index in [2.05, 4.69) is 4.72 Å². The number of benzene rings is 3. The minimum Gasteiger partial charge on any atom is -0.337 e. The first-order chi connectivity index (χ1) is 15.4. The Bertz CT molecular complexity index is 1250. The van der Waals surface area contributed by atoms with Gasteiger partial charge in [-0.3, -0.25) is 9.52 Å². The maximum atomic E-state index is 13.0. The highest BCUT2D eigenvalue weighted by molar-refractivity contribution is 7.92. The normalized spacial score (nSPS) is 11.8. The summed E-state index contributed by atoms with van der Waals surface area (Å²) in [5, 5.41) is 0. The Hall–Kier alpha value is -3.33. The highest BCUT2D eigenvalue weighted by Gasteiger charge is 2.30. The predicted molar refractivity (Wildman–Crippen MR) is 120 cm³/mol. The molecule has 0 aromatic heterocycles. The molecule has 5 nitrogen and oxygen atoms in total. The van der Waals surface area contributed by atoms with Crippen molar-refractivity contribution in [2.24, 2.45) is 0 Å². The highest BCUT2D eigenvalue weighted by Crippen LogP contribution is 2.29. The summed E-state index contributed by atoms with van der Waals surface area (Å²) in [6, 6.07) is 15.6. The van der Waals surface area contributed by atoms with E-state index in [1.165, 1.54) is 36.2 Å². The summed E-state index contributed by atoms with van der Waals surface area (Å²) < 4.78 is 66.4. The van der Waals surface area contributed by atoms with Crippen LogP contribution in [-0.2, 0) is 22.7 Å². The Morgan fingerprint density at radius 2 is 1.55 bits per heavy atom. The van der Waals surface area contributed by atoms with E-state index in [-0.39, 0.29) is 17.0 Å². The van der Waals surface area contributed by atoms with E-state index >= 15 is 0 Å². The molecule has 0 bridgehead atoms. The number of aryl methyl sites for hydroxylation is 2. The molecule has 0 spiro atoms. The SMILES string of the molecule is Cc1ccc(NS(=O)(=O)c2ccc(C)c(C(=O)N(C)Cc3ccc(C(F)(F)F)cc3)c2)cc1. The molecule has 0 saturated carbocycles. The molecule has 0 unspecified atom stereocenters. The van der Waals surface area contributed by atoms with Crippen molar-refractivity contribution in [2.75, 3.05) is 11.8 Å². The summed E-state index contributed by atoms with van der Waals surface area (Å²) in [5.41, 5.74) is 1.90. The standard InChI is InChI=1S/C24H23F3N2O3S/c1-16-4-11-20(12-5-16)28-33(31,32)21-13-6-17(2)22(14-21)23(30)29(3)15-18-7-9-19(10-8-18)24(25,26)27/h4-14,28H,15H2,1-3H3. The molecule has 0 heterocycles. The number of hydrogen-bond acceptors (Lipinski definition) is 3. The van der Waals surface area contributed by atoms with E-state index in [1.54, 1.807) is 37.3 Å². The number of rotatable bonds is 6. The van der Waals surface area contributed by atoms with E-state index in [0.29, 0.717) is 16.8 Å². The number of carbonyl (C=O) groups is 1. The molecule has 33 heavy (non-hydrogen) atoms. The van der Waals surface area contributed by atoms with Gasteiger partial charge >= 0.3 is 6.18 Å². The van der Waals surface area contributed by atoms with Crippen molar-refractivity contribution in [3.05, 3.63) is 94.5 Å². The van der Waals surface area contributed by atoms with Crippen LogP contribution in [0.2, 0.25) is 0 Å². The van der Waals surface area contributed by atoms with Crippen molar-refractivity contribution in [3.8, 4) is 0 Å². The number of hydrogen-bond donors (Lipinski definition) is 1. The Kier molecular flexibility index (Phi) is 6.83. The molecule has 1 amide bonds. The van der Waals surface area contributed by atoms with Gasteiger partial charge in [-0.05, 0) is 61.4 Å². The Morgan fingerprint density at radius 3 is 2.12 bits per heavy atom. The molecule has 9 heteroatoms. The van der Waals surface area contributed by atoms with Gasteiger partial charge in [0.1, 0.15) is 0 Å². The average Bonchev–Trinajstić information content (AvgIpc) is 2.74. The molecule has 3 aromatic carbocycles. The van der Waals surface area contributed by atoms with E-state index in [1.807, 2.05) is 6.92 Å². The molecule has 0 aliphatic rings. The van der Waals surface area contributed by atoms with Crippen LogP contribution in [0.1, 0.15) is 32.6 Å². The second-order valence-corrected chi connectivity index (χ2v) is 9.49. The first-order valence-corrected chi connectivity index (χ1v) is 11.5. The van der Waals surface area contributed by atoms with Gasteiger partial charge in [-0.2, -0.15) is 13.2 Å². The van der Waals surface area contributed by atoms with Gasteiger partial charge in [0.05, 0.1) is 10.5 Å². The van der Waals surface area contributed by atoms with Crippen molar-refractivity contribution in [3.63, 3.8) is 0 Å². The third kappa shape index (κ3) is 5.92. The number of halogens is 3. The second kappa shape index (κ2) is 9.27. The quantitative estimate of drug-likeness (QED) is 0.518. The van der Waals surface area contributed by atoms with Gasteiger partial charge < -0.3 is 4.90 Å². The van der Waals surface area contributed by atoms with Crippen LogP contribution < -0.4 is 4.72 Å². The number of alkyl halides is 3. The van der Waals surface area contributed by atoms with E-state index in [0.717, 1.165) is 17.7 Å². The fraction of sp³-hybridized carbons (Fsp3) is 0.208. The Morgan fingerprint density at radius 1 is 0.939 bits per heavy atom. The number of anilines is 1. The summed E-state index contributed by atoms with van der Waals surface area (Å²) in [5.74, 6) is -0.445. The van der Waals surface area contributed by atoms with Crippen LogP contribution in [0, 0.1) is 13.8 Å². The summed E-state index contributed by atoms with van der Waals surface area (Å²) in [6.07, 6.45) is -4.43. The van der Waals surface area contributed by atoms with Crippen LogP contribution in [0.5, 0.6) is 0 Å². The second-order valence-electron chi connectivity index (χ2n) is 7.80. The number of nitrogens with one attached hydrogen (secondary N) is 1. The molecule has 0 fully saturated rings. The molecule has 0 aliphatic heterocycles. The van der Waals surface area contributed by atoms with Gasteiger partial charge in [0.25, 0.3) is 15.9 Å². The zero-order chi connectivity index (χ0) is 24.4. The van der Waals surface area contributed by atoms with E-state index in [4.69, 9.17) is 0 Å². The number of carbonyl (C=O) groups excluding carboxylic acids is 1. The van der Waals surface area contributed by atoms with Crippen LogP contribution in [0.3, 0.4) is 0 Å². The maximum Gasteiger partial charge on any atom is 0.416 e. The molecule has 3 rings (SSSR count). The van der Waals surface area contributed by atoms with Crippen molar-refractivity contribution >= 4 is 21.6 Å². The van der Waals surface area contributed by atoms with Gasteiger partial charge in [0.2, 0.25) is 0 Å². The fourth-order valence-corrected chi connectivity index (χ4v) is 4.27. The van der Waals surface area contributed by atoms with E-state index < -0.39 is 27.7 Å². The average molecular weight is 477 g/mol. The predicted octanol–water partition coefficient (Wildman–Crippen LogP) is 5.40. The zero-order valence-corrected chi connectivity index (χ0v) is 19.1. The van der Waals surface area contributed by atoms with Crippen LogP contribution >= 0.6 is 0 Å². The summed E-state index contributed by atoms with van der Waals surface area (Å²) in [4.78, 5) is 14.3. The van der Waals surface area contributed by atoms with Gasteiger partial charge in [-0.15, -0.1) is 0 Å². The lowest BCUT2D eigenvalue weighted by atomic mass is 10.1. The van der Waals surface area contributed by atoms with Crippen molar-refractivity contribution < 1.29 is 26.4 Å². The first kappa shape index (κ1) is 24.3. The smallest absolute Gasteiger partial charge is 0.337 e. The van der Waals surface area contributed by atoms with Gasteiger partial charge in [-0.25, -0.2) is 8.42 Å². The summed E-state index contributed by atoms with van der Waals surface area (Å²) in [7, 11) is -2.42. The number of sulfonamides is 1. The molecule has 1 N–H and O–H groups in total. The largest absolute Gasteiger partial charge is 0.416 e. The lowest BCUT2D eigenvalue weighted by Crippen LogP contribution is -2.27. The molecule has 174 valence electrons. The van der Waals surface area contributed by atoms with Gasteiger partial charge in [-0.1, -0.05) is 35.9 Å². The minimum atomic E-state index is -4.43. The molecule has 0 atom stereocenters. The third-order valence-corrected chi connectivity index (χ3v) is 6.48. The summed E-state index contributed by atoms with van der Waals surface area (Å²) >= 11 is 0. The number of nitrogens with zero attached hydrogens (tertiary/aromatic N) is 1. The van der Waals surface area contributed by atoms with Crippen molar-refractivity contribution in [2.45, 2.75) is 31.5 Å². The topological polar surface area (TPSA) is 66.5 Å². The van der Waals surface area contributed by atoms with Crippen molar-refractivity contribution in [1.82, 2.24) is 4.90 Å². The first-order valence-electron chi connectivity index (χ1n) is 9.98. The maximum absolute atomic E-state index is 13.0. The van der Waals surface area contributed by atoms with Crippen molar-refractivity contribution in [1.29, 1.82) is 0 Å². The van der Waals surface area contributed by atoms with Crippen LogP contribution in [0.15, 0.2) is 71.6 Å². The molecular formula is C24H23F3N2O3S. The lowest BCUT2D eigenvalue weighted by Gasteiger charge is -2.19. The fourth-order valence-electron chi connectivity index (χ4n) is 3.18. The molecule has 0 saturated heterocycles. The van der Waals surface area contributed by atoms with Crippen LogP contribution in [0.4, 0.5) is 18.9 Å². The highest BCUT2D eigenvalue weighted by atomic mass is 32.2. The molecule has 3 aromatic rings. The Labute approximate surface area is 190 Å². The molecule has 0 radical (unpaired) electrons. The van der Waals surface area contributed by atoms with Crippen LogP contribution in [0.25, 0.3) is 0 Å². The van der Waals surface area contributed by atoms with Gasteiger partial charge in [0, 0.05) is 24.8 Å². The molecule has 0 aliphatic carbocycles. The van der Waals surface area contributed by atoms with Gasteiger partial charge in [0.15, 0.2) is 0 Å². The third-order valence-electron chi connectivity index (χ3n) is 5.10. The molecular weight excluding hydrogens is 453 g/mol. The van der Waals surface area contributed by atoms with Crippen LogP contribution in [-0.4, -0.2) is 26.3 Å². The number of amides is 1. The lowest BCUT2D eigenvalue weighted by molar-refractivity contribution is -0.137. The zero-order valence-electron chi connectivity index (χ0n) is 18.3.